The van der Waals surface area contributed by atoms with Gasteiger partial charge in [-0.25, -0.2) is 9.78 Å². The fraction of sp³-hybridized carbons (Fsp3) is 0.607. The molecule has 3 fully saturated rings. The molecule has 5 heterocycles. The lowest BCUT2D eigenvalue weighted by molar-refractivity contribution is 0.0255. The molecule has 12 nitrogen and oxygen atoms in total. The number of hydrogen-bond acceptors (Lipinski definition) is 10. The highest BCUT2D eigenvalue weighted by molar-refractivity contribution is 5.63. The second kappa shape index (κ2) is 10.8. The second-order valence-corrected chi connectivity index (χ2v) is 11.8. The summed E-state index contributed by atoms with van der Waals surface area (Å²) in [5.41, 5.74) is 2.03. The predicted octanol–water partition coefficient (Wildman–Crippen LogP) is 3.18. The second-order valence-electron chi connectivity index (χ2n) is 11.8. The molecule has 0 saturated carbocycles. The highest BCUT2D eigenvalue weighted by atomic mass is 16.5. The Balaban J connectivity index is 1.23. The molecule has 3 saturated heterocycles. The average molecular weight is 550 g/mol. The molecule has 0 bridgehead atoms. The van der Waals surface area contributed by atoms with E-state index in [4.69, 9.17) is 14.5 Å². The predicted molar refractivity (Wildman–Crippen MR) is 152 cm³/mol. The van der Waals surface area contributed by atoms with Gasteiger partial charge in [-0.1, -0.05) is 0 Å². The third-order valence-corrected chi connectivity index (χ3v) is 8.40. The first kappa shape index (κ1) is 26.7. The molecule has 2 unspecified atom stereocenters. The van der Waals surface area contributed by atoms with E-state index in [1.54, 1.807) is 7.05 Å². The summed E-state index contributed by atoms with van der Waals surface area (Å²) in [4.78, 5) is 24.8. The van der Waals surface area contributed by atoms with E-state index in [2.05, 4.69) is 44.8 Å². The van der Waals surface area contributed by atoms with Crippen LogP contribution in [0.3, 0.4) is 0 Å². The van der Waals surface area contributed by atoms with E-state index in [1.807, 2.05) is 31.3 Å². The van der Waals surface area contributed by atoms with E-state index in [9.17, 15) is 4.79 Å². The number of tetrazole rings is 1. The largest absolute Gasteiger partial charge is 0.488 e. The molecule has 12 heteroatoms. The third kappa shape index (κ3) is 5.42. The summed E-state index contributed by atoms with van der Waals surface area (Å²) in [6, 6.07) is 6.55. The van der Waals surface area contributed by atoms with E-state index in [0.717, 1.165) is 37.1 Å². The van der Waals surface area contributed by atoms with Crippen LogP contribution in [-0.2, 0) is 11.8 Å². The van der Waals surface area contributed by atoms with Gasteiger partial charge in [0.15, 0.2) is 0 Å². The maximum Gasteiger partial charge on any atom is 0.368 e. The molecule has 40 heavy (non-hydrogen) atoms. The number of aryl methyl sites for hydroxylation is 2. The maximum absolute atomic E-state index is 12.7. The van der Waals surface area contributed by atoms with Crippen molar-refractivity contribution < 1.29 is 9.47 Å². The number of rotatable bonds is 7. The number of benzene rings is 1. The average Bonchev–Trinajstić information content (AvgIpc) is 3.54. The van der Waals surface area contributed by atoms with Crippen LogP contribution < -0.4 is 21.1 Å². The number of fused-ring (bicyclic) bond motifs is 1. The van der Waals surface area contributed by atoms with Crippen LogP contribution in [0, 0.1) is 6.92 Å². The molecule has 1 aromatic carbocycles. The number of piperidine rings is 1. The summed E-state index contributed by atoms with van der Waals surface area (Å²) in [5.74, 6) is 1.88. The normalized spacial score (nSPS) is 23.1. The van der Waals surface area contributed by atoms with Gasteiger partial charge in [-0.3, -0.25) is 4.90 Å². The van der Waals surface area contributed by atoms with Gasteiger partial charge in [-0.05, 0) is 81.6 Å². The van der Waals surface area contributed by atoms with Gasteiger partial charge in [0, 0.05) is 55.0 Å². The molecule has 3 aliphatic heterocycles. The van der Waals surface area contributed by atoms with Crippen LogP contribution in [0.15, 0.2) is 29.2 Å². The van der Waals surface area contributed by atoms with Gasteiger partial charge < -0.3 is 20.1 Å². The molecule has 3 aliphatic rings. The van der Waals surface area contributed by atoms with Crippen molar-refractivity contribution in [2.75, 3.05) is 30.4 Å². The summed E-state index contributed by atoms with van der Waals surface area (Å²) in [6.45, 7) is 9.25. The topological polar surface area (TPSA) is 124 Å². The standard InChI is InChI=1S/C28H39N9O3/c1-18-17-29-26(32-25(18)30-20-14-21-6-5-11-36(21)28(2,3)16-20)31-19-7-8-24(40-22-9-12-39-13-10-22)23(15-19)37-27(38)35(4)33-34-37/h7-8,15,17,20-22H,5-6,9-14,16H2,1-4H3,(H2,29,30,31,32). The monoisotopic (exact) mass is 549 g/mol. The number of ether oxygens (including phenoxy) is 2. The molecule has 0 aliphatic carbocycles. The van der Waals surface area contributed by atoms with Crippen molar-refractivity contribution in [3.8, 4) is 11.4 Å². The van der Waals surface area contributed by atoms with Crippen molar-refractivity contribution in [1.29, 1.82) is 0 Å². The van der Waals surface area contributed by atoms with Gasteiger partial charge in [0.25, 0.3) is 0 Å². The Morgan fingerprint density at radius 2 is 1.98 bits per heavy atom. The quantitative estimate of drug-likeness (QED) is 0.454. The van der Waals surface area contributed by atoms with Gasteiger partial charge in [-0.15, -0.1) is 0 Å². The van der Waals surface area contributed by atoms with Crippen LogP contribution in [0.5, 0.6) is 5.75 Å². The van der Waals surface area contributed by atoms with Crippen LogP contribution in [-0.4, -0.2) is 78.1 Å². The molecule has 0 spiro atoms. The van der Waals surface area contributed by atoms with Crippen LogP contribution in [0.2, 0.25) is 0 Å². The summed E-state index contributed by atoms with van der Waals surface area (Å²) in [7, 11) is 1.57. The van der Waals surface area contributed by atoms with Gasteiger partial charge in [0.1, 0.15) is 23.4 Å². The van der Waals surface area contributed by atoms with E-state index in [-0.39, 0.29) is 17.3 Å². The Labute approximate surface area is 234 Å². The van der Waals surface area contributed by atoms with Gasteiger partial charge >= 0.3 is 5.69 Å². The Kier molecular flexibility index (Phi) is 7.22. The van der Waals surface area contributed by atoms with Crippen molar-refractivity contribution in [2.45, 2.75) is 83.0 Å². The summed E-state index contributed by atoms with van der Waals surface area (Å²) >= 11 is 0. The molecular weight excluding hydrogens is 510 g/mol. The highest BCUT2D eigenvalue weighted by Crippen LogP contribution is 2.38. The minimum atomic E-state index is -0.358. The minimum absolute atomic E-state index is 0.00817. The Morgan fingerprint density at radius 1 is 1.15 bits per heavy atom. The fourth-order valence-corrected chi connectivity index (χ4v) is 6.39. The van der Waals surface area contributed by atoms with Gasteiger partial charge in [-0.2, -0.15) is 14.3 Å². The van der Waals surface area contributed by atoms with Gasteiger partial charge in [0.05, 0.1) is 13.2 Å². The molecule has 3 aromatic rings. The van der Waals surface area contributed by atoms with Gasteiger partial charge in [0.2, 0.25) is 5.95 Å². The Morgan fingerprint density at radius 3 is 2.75 bits per heavy atom. The molecule has 6 rings (SSSR count). The lowest BCUT2D eigenvalue weighted by atomic mass is 9.84. The number of aromatic nitrogens is 6. The molecule has 214 valence electrons. The van der Waals surface area contributed by atoms with E-state index in [1.165, 1.54) is 28.8 Å². The summed E-state index contributed by atoms with van der Waals surface area (Å²) in [5, 5.41) is 15.0. The molecule has 0 amide bonds. The Hall–Kier alpha value is -3.51. The first-order valence-electron chi connectivity index (χ1n) is 14.3. The van der Waals surface area contributed by atoms with Crippen molar-refractivity contribution >= 4 is 17.5 Å². The zero-order chi connectivity index (χ0) is 27.9. The van der Waals surface area contributed by atoms with E-state index >= 15 is 0 Å². The first-order valence-corrected chi connectivity index (χ1v) is 14.3. The van der Waals surface area contributed by atoms with Crippen LogP contribution in [0.25, 0.3) is 5.69 Å². The Bertz CT molecular complexity index is 1410. The zero-order valence-corrected chi connectivity index (χ0v) is 23.8. The SMILES string of the molecule is Cc1cnc(Nc2ccc(OC3CCOCC3)c(-n3nnn(C)c3=O)c2)nc1NC1CC2CCCN2C(C)(C)C1. The molecule has 2 aromatic heterocycles. The highest BCUT2D eigenvalue weighted by Gasteiger charge is 2.43. The molecule has 2 atom stereocenters. The van der Waals surface area contributed by atoms with E-state index in [0.29, 0.717) is 48.4 Å². The zero-order valence-electron chi connectivity index (χ0n) is 23.8. The minimum Gasteiger partial charge on any atom is -0.488 e. The number of nitrogens with zero attached hydrogens (tertiary/aromatic N) is 7. The van der Waals surface area contributed by atoms with Crippen molar-refractivity contribution in [3.05, 3.63) is 40.4 Å². The molecule has 0 radical (unpaired) electrons. The lowest BCUT2D eigenvalue weighted by Gasteiger charge is -2.48. The van der Waals surface area contributed by atoms with Crippen molar-refractivity contribution in [2.24, 2.45) is 7.05 Å². The van der Waals surface area contributed by atoms with Crippen LogP contribution >= 0.6 is 0 Å². The van der Waals surface area contributed by atoms with Crippen molar-refractivity contribution in [3.63, 3.8) is 0 Å². The van der Waals surface area contributed by atoms with Crippen LogP contribution in [0.4, 0.5) is 17.5 Å². The number of nitrogens with one attached hydrogen (secondary N) is 2. The first-order chi connectivity index (χ1) is 19.3. The summed E-state index contributed by atoms with van der Waals surface area (Å²) in [6.07, 6.45) is 8.17. The number of anilines is 3. The molecular formula is C28H39N9O3. The molecule has 2 N–H and O–H groups in total. The van der Waals surface area contributed by atoms with E-state index < -0.39 is 0 Å². The van der Waals surface area contributed by atoms with Crippen LogP contribution in [0.1, 0.15) is 57.9 Å². The fourth-order valence-electron chi connectivity index (χ4n) is 6.39. The lowest BCUT2D eigenvalue weighted by Crippen LogP contribution is -2.55. The summed E-state index contributed by atoms with van der Waals surface area (Å²) < 4.78 is 14.2. The smallest absolute Gasteiger partial charge is 0.368 e. The third-order valence-electron chi connectivity index (χ3n) is 8.40. The maximum atomic E-state index is 12.7. The number of hydrogen-bond donors (Lipinski definition) is 2. The van der Waals surface area contributed by atoms with Crippen molar-refractivity contribution in [1.82, 2.24) is 34.7 Å².